The summed E-state index contributed by atoms with van der Waals surface area (Å²) in [5.41, 5.74) is -0.493. The van der Waals surface area contributed by atoms with Crippen molar-refractivity contribution in [1.29, 1.82) is 0 Å². The molecule has 12 heteroatoms. The van der Waals surface area contributed by atoms with Gasteiger partial charge in [0.2, 0.25) is 11.8 Å². The molecular weight excluding hydrogens is 580 g/mol. The van der Waals surface area contributed by atoms with Gasteiger partial charge in [-0.3, -0.25) is 14.4 Å². The first-order valence-corrected chi connectivity index (χ1v) is 16.1. The van der Waals surface area contributed by atoms with Crippen molar-refractivity contribution in [3.8, 4) is 5.75 Å². The number of likely N-dealkylation sites (tertiary alicyclic amines) is 1. The molecule has 250 valence electrons. The molecule has 1 saturated carbocycles. The van der Waals surface area contributed by atoms with Crippen LogP contribution in [0.2, 0.25) is 0 Å². The fourth-order valence-corrected chi connectivity index (χ4v) is 5.82. The molecule has 1 aromatic rings. The van der Waals surface area contributed by atoms with Crippen LogP contribution < -0.4 is 19.9 Å². The predicted octanol–water partition coefficient (Wildman–Crippen LogP) is 3.75. The smallest absolute Gasteiger partial charge is 0.410 e. The molecule has 2 atom stereocenters. The summed E-state index contributed by atoms with van der Waals surface area (Å²) in [6.07, 6.45) is 2.07. The van der Waals surface area contributed by atoms with Gasteiger partial charge in [-0.1, -0.05) is 0 Å². The van der Waals surface area contributed by atoms with E-state index in [4.69, 9.17) is 18.9 Å². The lowest BCUT2D eigenvalue weighted by Crippen LogP contribution is -2.54. The van der Waals surface area contributed by atoms with Crippen LogP contribution in [-0.4, -0.2) is 99.1 Å². The van der Waals surface area contributed by atoms with Gasteiger partial charge in [-0.2, -0.15) is 0 Å². The lowest BCUT2D eigenvalue weighted by atomic mass is 9.87. The van der Waals surface area contributed by atoms with Gasteiger partial charge in [-0.15, -0.1) is 0 Å². The van der Waals surface area contributed by atoms with E-state index in [1.807, 2.05) is 25.1 Å². The van der Waals surface area contributed by atoms with E-state index in [1.165, 1.54) is 4.90 Å². The van der Waals surface area contributed by atoms with Crippen molar-refractivity contribution in [3.05, 3.63) is 18.2 Å². The standard InChI is InChI=1S/C33H50N4O8/c1-8-43-17-14-34-28(38)22-18-23(21-35(20-22)31(41)45-32(2,3)4)29(39)37(24-10-11-24)25-12-13-27-26(19-25)36(15-9-16-42-7)30(40)33(5,6)44-27/h12-13,19,22-24H,8-11,14-18,20-21H2,1-7H3,(H,34,38)/t22-,23+/m0/s1. The van der Waals surface area contributed by atoms with Crippen molar-refractivity contribution in [1.82, 2.24) is 10.2 Å². The van der Waals surface area contributed by atoms with Gasteiger partial charge in [0.15, 0.2) is 5.60 Å². The minimum absolute atomic E-state index is 0.00971. The number of hydrogen-bond donors (Lipinski definition) is 1. The monoisotopic (exact) mass is 630 g/mol. The fraction of sp³-hybridized carbons (Fsp3) is 0.697. The Morgan fingerprint density at radius 3 is 2.47 bits per heavy atom. The Morgan fingerprint density at radius 2 is 1.82 bits per heavy atom. The molecule has 2 aliphatic heterocycles. The maximum Gasteiger partial charge on any atom is 0.410 e. The summed E-state index contributed by atoms with van der Waals surface area (Å²) in [6.45, 7) is 13.3. The third-order valence-corrected chi connectivity index (χ3v) is 8.09. The average Bonchev–Trinajstić information content (AvgIpc) is 3.81. The number of amides is 4. The third kappa shape index (κ3) is 8.66. The van der Waals surface area contributed by atoms with E-state index >= 15 is 0 Å². The van der Waals surface area contributed by atoms with Crippen LogP contribution in [0, 0.1) is 11.8 Å². The van der Waals surface area contributed by atoms with Crippen molar-refractivity contribution in [2.24, 2.45) is 11.8 Å². The third-order valence-electron chi connectivity index (χ3n) is 8.09. The first-order chi connectivity index (χ1) is 21.3. The van der Waals surface area contributed by atoms with Crippen LogP contribution in [0.3, 0.4) is 0 Å². The molecule has 0 radical (unpaired) electrons. The summed E-state index contributed by atoms with van der Waals surface area (Å²) in [5.74, 6) is -1.19. The van der Waals surface area contributed by atoms with Gasteiger partial charge >= 0.3 is 6.09 Å². The van der Waals surface area contributed by atoms with Gasteiger partial charge in [0.1, 0.15) is 11.4 Å². The van der Waals surface area contributed by atoms with Crippen LogP contribution in [0.1, 0.15) is 67.2 Å². The zero-order valence-corrected chi connectivity index (χ0v) is 27.8. The minimum Gasteiger partial charge on any atom is -0.476 e. The molecule has 4 amide bonds. The van der Waals surface area contributed by atoms with E-state index in [2.05, 4.69) is 5.32 Å². The molecular formula is C33H50N4O8. The highest BCUT2D eigenvalue weighted by Gasteiger charge is 2.45. The first-order valence-electron chi connectivity index (χ1n) is 16.1. The normalized spacial score (nSPS) is 21.1. The van der Waals surface area contributed by atoms with E-state index in [0.29, 0.717) is 62.9 Å². The van der Waals surface area contributed by atoms with Gasteiger partial charge < -0.3 is 39.0 Å². The largest absolute Gasteiger partial charge is 0.476 e. The number of anilines is 2. The molecule has 3 aliphatic rings. The Balaban J connectivity index is 1.61. The fourth-order valence-electron chi connectivity index (χ4n) is 5.82. The number of piperidine rings is 1. The lowest BCUT2D eigenvalue weighted by Gasteiger charge is -2.40. The summed E-state index contributed by atoms with van der Waals surface area (Å²) in [7, 11) is 1.63. The Labute approximate surface area is 266 Å². The van der Waals surface area contributed by atoms with Crippen LogP contribution in [-0.2, 0) is 28.6 Å². The lowest BCUT2D eigenvalue weighted by molar-refractivity contribution is -0.133. The van der Waals surface area contributed by atoms with Crippen LogP contribution >= 0.6 is 0 Å². The van der Waals surface area contributed by atoms with Crippen LogP contribution in [0.5, 0.6) is 5.75 Å². The number of carbonyl (C=O) groups is 4. The molecule has 0 bridgehead atoms. The topological polar surface area (TPSA) is 127 Å². The van der Waals surface area contributed by atoms with Crippen molar-refractivity contribution >= 4 is 35.2 Å². The van der Waals surface area contributed by atoms with E-state index < -0.39 is 29.1 Å². The number of fused-ring (bicyclic) bond motifs is 1. The first kappa shape index (κ1) is 34.5. The highest BCUT2D eigenvalue weighted by atomic mass is 16.6. The molecule has 0 spiro atoms. The second kappa shape index (κ2) is 14.4. The molecule has 2 fully saturated rings. The van der Waals surface area contributed by atoms with Gasteiger partial charge in [-0.05, 0) is 85.4 Å². The summed E-state index contributed by atoms with van der Waals surface area (Å²) >= 11 is 0. The number of carbonyl (C=O) groups excluding carboxylic acids is 4. The van der Waals surface area contributed by atoms with Crippen molar-refractivity contribution in [2.75, 3.05) is 62.9 Å². The maximum atomic E-state index is 14.4. The zero-order chi connectivity index (χ0) is 32.9. The van der Waals surface area contributed by atoms with Gasteiger partial charge in [0.05, 0.1) is 24.1 Å². The summed E-state index contributed by atoms with van der Waals surface area (Å²) in [4.78, 5) is 59.2. The molecule has 0 unspecified atom stereocenters. The van der Waals surface area contributed by atoms with Crippen LogP contribution in [0.15, 0.2) is 18.2 Å². The van der Waals surface area contributed by atoms with Crippen molar-refractivity contribution in [3.63, 3.8) is 0 Å². The van der Waals surface area contributed by atoms with Crippen LogP contribution in [0.4, 0.5) is 16.2 Å². The zero-order valence-electron chi connectivity index (χ0n) is 27.8. The number of methoxy groups -OCH3 is 1. The SMILES string of the molecule is CCOCCNC(=O)[C@H]1C[C@@H](C(=O)N(c2ccc3c(c2)N(CCCOC)C(=O)C(C)(C)O3)C2CC2)CN(C(=O)OC(C)(C)C)C1. The summed E-state index contributed by atoms with van der Waals surface area (Å²) < 4.78 is 22.3. The van der Waals surface area contributed by atoms with Crippen LogP contribution in [0.25, 0.3) is 0 Å². The molecule has 1 saturated heterocycles. The van der Waals surface area contributed by atoms with Gasteiger partial charge in [0, 0.05) is 58.2 Å². The number of nitrogens with zero attached hydrogens (tertiary/aromatic N) is 3. The molecule has 1 aliphatic carbocycles. The van der Waals surface area contributed by atoms with Gasteiger partial charge in [-0.25, -0.2) is 4.79 Å². The molecule has 4 rings (SSSR count). The number of rotatable bonds is 12. The highest BCUT2D eigenvalue weighted by molar-refractivity contribution is 6.04. The predicted molar refractivity (Wildman–Crippen MR) is 169 cm³/mol. The molecule has 1 N–H and O–H groups in total. The Hall–Kier alpha value is -3.38. The van der Waals surface area contributed by atoms with E-state index in [-0.39, 0.29) is 36.9 Å². The van der Waals surface area contributed by atoms with E-state index in [9.17, 15) is 19.2 Å². The molecule has 0 aromatic heterocycles. The van der Waals surface area contributed by atoms with Gasteiger partial charge in [0.25, 0.3) is 5.91 Å². The molecule has 12 nitrogen and oxygen atoms in total. The van der Waals surface area contributed by atoms with Crippen molar-refractivity contribution < 1.29 is 38.1 Å². The molecule has 2 heterocycles. The second-order valence-electron chi connectivity index (χ2n) is 13.5. The number of benzene rings is 1. The Morgan fingerprint density at radius 1 is 1.11 bits per heavy atom. The quantitative estimate of drug-likeness (QED) is 0.346. The Bertz CT molecular complexity index is 1240. The number of hydrogen-bond acceptors (Lipinski definition) is 8. The second-order valence-corrected chi connectivity index (χ2v) is 13.5. The number of nitrogens with one attached hydrogen (secondary N) is 1. The molecule has 45 heavy (non-hydrogen) atoms. The van der Waals surface area contributed by atoms with E-state index in [0.717, 1.165) is 12.8 Å². The highest BCUT2D eigenvalue weighted by Crippen LogP contribution is 2.43. The van der Waals surface area contributed by atoms with E-state index in [1.54, 1.807) is 51.5 Å². The average molecular weight is 631 g/mol. The Kier molecular flexibility index (Phi) is 11.0. The molecule has 1 aromatic carbocycles. The van der Waals surface area contributed by atoms with Crippen molar-refractivity contribution in [2.45, 2.75) is 84.5 Å². The number of ether oxygens (including phenoxy) is 4. The summed E-state index contributed by atoms with van der Waals surface area (Å²) in [6, 6.07) is 5.50. The summed E-state index contributed by atoms with van der Waals surface area (Å²) in [5, 5.41) is 2.89. The maximum absolute atomic E-state index is 14.4. The minimum atomic E-state index is -1.03.